The molecule has 2 aromatic heterocycles. The Morgan fingerprint density at radius 3 is 2.83 bits per heavy atom. The van der Waals surface area contributed by atoms with Gasteiger partial charge in [-0.1, -0.05) is 0 Å². The summed E-state index contributed by atoms with van der Waals surface area (Å²) in [5.74, 6) is -1.62. The zero-order valence-corrected chi connectivity index (χ0v) is 9.93. The monoisotopic (exact) mass is 248 g/mol. The first-order chi connectivity index (χ1) is 8.47. The van der Waals surface area contributed by atoms with Gasteiger partial charge in [0, 0.05) is 11.8 Å². The molecule has 2 rings (SSSR count). The molecule has 2 heterocycles. The summed E-state index contributed by atoms with van der Waals surface area (Å²) in [4.78, 5) is 26.5. The van der Waals surface area contributed by atoms with E-state index in [2.05, 4.69) is 10.3 Å². The zero-order chi connectivity index (χ0) is 13.3. The van der Waals surface area contributed by atoms with Gasteiger partial charge in [-0.2, -0.15) is 0 Å². The number of hydrogen-bond donors (Lipinski definition) is 2. The highest BCUT2D eigenvalue weighted by Gasteiger charge is 2.18. The lowest BCUT2D eigenvalue weighted by Crippen LogP contribution is -2.38. The van der Waals surface area contributed by atoms with Gasteiger partial charge in [0.2, 0.25) is 0 Å². The van der Waals surface area contributed by atoms with Crippen LogP contribution in [-0.2, 0) is 4.79 Å². The molecule has 0 spiro atoms. The number of carboxylic acids is 1. The van der Waals surface area contributed by atoms with Gasteiger partial charge in [-0.05, 0) is 26.0 Å². The van der Waals surface area contributed by atoms with Crippen LogP contribution in [-0.4, -0.2) is 28.0 Å². The maximum atomic E-state index is 11.7. The number of nitrogens with zero attached hydrogens (tertiary/aromatic N) is 1. The van der Waals surface area contributed by atoms with Gasteiger partial charge in [0.05, 0.1) is 0 Å². The van der Waals surface area contributed by atoms with Crippen LogP contribution in [0.3, 0.4) is 0 Å². The SMILES string of the molecule is Cc1ccc2oc(C(=O)N[C@@H](C)C(=O)O)cc2n1. The Bertz CT molecular complexity index is 618. The summed E-state index contributed by atoms with van der Waals surface area (Å²) >= 11 is 0. The lowest BCUT2D eigenvalue weighted by atomic mass is 10.3. The van der Waals surface area contributed by atoms with E-state index < -0.39 is 17.9 Å². The molecule has 94 valence electrons. The predicted octanol–water partition coefficient (Wildman–Crippen LogP) is 1.34. The van der Waals surface area contributed by atoms with Crippen LogP contribution in [0.5, 0.6) is 0 Å². The molecule has 2 aromatic rings. The molecule has 6 heteroatoms. The molecule has 0 aliphatic heterocycles. The summed E-state index contributed by atoms with van der Waals surface area (Å²) in [6.45, 7) is 3.21. The first kappa shape index (κ1) is 12.1. The van der Waals surface area contributed by atoms with Crippen molar-refractivity contribution in [2.75, 3.05) is 0 Å². The van der Waals surface area contributed by atoms with Crippen LogP contribution in [0.1, 0.15) is 23.2 Å². The molecule has 0 radical (unpaired) electrons. The van der Waals surface area contributed by atoms with Crippen molar-refractivity contribution >= 4 is 23.0 Å². The van der Waals surface area contributed by atoms with E-state index in [1.807, 2.05) is 6.92 Å². The number of furan rings is 1. The number of aromatic nitrogens is 1. The molecule has 0 unspecified atom stereocenters. The van der Waals surface area contributed by atoms with Crippen LogP contribution in [0.2, 0.25) is 0 Å². The number of pyridine rings is 1. The van der Waals surface area contributed by atoms with Crippen LogP contribution in [0, 0.1) is 6.92 Å². The number of nitrogens with one attached hydrogen (secondary N) is 1. The normalized spacial score (nSPS) is 12.3. The van der Waals surface area contributed by atoms with Gasteiger partial charge in [0.25, 0.3) is 5.91 Å². The third-order valence-electron chi connectivity index (χ3n) is 2.45. The first-order valence-corrected chi connectivity index (χ1v) is 5.38. The number of hydrogen-bond acceptors (Lipinski definition) is 4. The van der Waals surface area contributed by atoms with E-state index in [0.29, 0.717) is 11.1 Å². The smallest absolute Gasteiger partial charge is 0.325 e. The molecule has 0 aromatic carbocycles. The fourth-order valence-electron chi connectivity index (χ4n) is 1.47. The Balaban J connectivity index is 2.26. The largest absolute Gasteiger partial charge is 0.480 e. The highest BCUT2D eigenvalue weighted by atomic mass is 16.4. The van der Waals surface area contributed by atoms with E-state index in [9.17, 15) is 9.59 Å². The standard InChI is InChI=1S/C12H12N2O4/c1-6-3-4-9-8(13-6)5-10(18-9)11(15)14-7(2)12(16)17/h3-5,7H,1-2H3,(H,14,15)(H,16,17)/t7-/m0/s1. The van der Waals surface area contributed by atoms with E-state index in [0.717, 1.165) is 5.69 Å². The zero-order valence-electron chi connectivity index (χ0n) is 9.93. The minimum absolute atomic E-state index is 0.0520. The fraction of sp³-hybridized carbons (Fsp3) is 0.250. The van der Waals surface area contributed by atoms with Crippen LogP contribution in [0.15, 0.2) is 22.6 Å². The summed E-state index contributed by atoms with van der Waals surface area (Å²) in [5.41, 5.74) is 1.88. The van der Waals surface area contributed by atoms with Gasteiger partial charge < -0.3 is 14.8 Å². The molecule has 0 aliphatic rings. The second-order valence-corrected chi connectivity index (χ2v) is 3.98. The number of rotatable bonds is 3. The molecular weight excluding hydrogens is 236 g/mol. The lowest BCUT2D eigenvalue weighted by molar-refractivity contribution is -0.138. The van der Waals surface area contributed by atoms with Gasteiger partial charge in [-0.3, -0.25) is 9.59 Å². The minimum Gasteiger partial charge on any atom is -0.480 e. The van der Waals surface area contributed by atoms with Crippen molar-refractivity contribution < 1.29 is 19.1 Å². The minimum atomic E-state index is -1.10. The Labute approximate surface area is 103 Å². The van der Waals surface area contributed by atoms with Crippen molar-refractivity contribution in [2.45, 2.75) is 19.9 Å². The highest BCUT2D eigenvalue weighted by Crippen LogP contribution is 2.17. The third-order valence-corrected chi connectivity index (χ3v) is 2.45. The molecule has 0 aliphatic carbocycles. The summed E-state index contributed by atoms with van der Waals surface area (Å²) in [6, 6.07) is 4.01. The maximum absolute atomic E-state index is 11.7. The van der Waals surface area contributed by atoms with Gasteiger partial charge >= 0.3 is 5.97 Å². The van der Waals surface area contributed by atoms with E-state index in [1.165, 1.54) is 13.0 Å². The molecule has 0 saturated carbocycles. The van der Waals surface area contributed by atoms with Gasteiger partial charge in [0.15, 0.2) is 11.3 Å². The highest BCUT2D eigenvalue weighted by molar-refractivity contribution is 5.97. The van der Waals surface area contributed by atoms with Crippen LogP contribution < -0.4 is 5.32 Å². The fourth-order valence-corrected chi connectivity index (χ4v) is 1.47. The third kappa shape index (κ3) is 2.32. The van der Waals surface area contributed by atoms with E-state index >= 15 is 0 Å². The topological polar surface area (TPSA) is 92.4 Å². The van der Waals surface area contributed by atoms with Crippen molar-refractivity contribution in [3.63, 3.8) is 0 Å². The Hall–Kier alpha value is -2.37. The number of carboxylic acid groups (broad SMARTS) is 1. The summed E-state index contributed by atoms with van der Waals surface area (Å²) in [7, 11) is 0. The quantitative estimate of drug-likeness (QED) is 0.855. The number of amides is 1. The van der Waals surface area contributed by atoms with Crippen LogP contribution in [0.4, 0.5) is 0 Å². The maximum Gasteiger partial charge on any atom is 0.325 e. The Kier molecular flexibility index (Phi) is 3.01. The lowest BCUT2D eigenvalue weighted by Gasteiger charge is -2.06. The molecule has 6 nitrogen and oxygen atoms in total. The van der Waals surface area contributed by atoms with Crippen molar-refractivity contribution in [3.05, 3.63) is 29.7 Å². The first-order valence-electron chi connectivity index (χ1n) is 5.38. The second-order valence-electron chi connectivity index (χ2n) is 3.98. The Morgan fingerprint density at radius 2 is 2.17 bits per heavy atom. The molecule has 0 bridgehead atoms. The Morgan fingerprint density at radius 1 is 1.44 bits per heavy atom. The molecule has 2 N–H and O–H groups in total. The van der Waals surface area contributed by atoms with Gasteiger partial charge in [0.1, 0.15) is 11.6 Å². The predicted molar refractivity (Wildman–Crippen MR) is 63.3 cm³/mol. The van der Waals surface area contributed by atoms with Gasteiger partial charge in [-0.15, -0.1) is 0 Å². The van der Waals surface area contributed by atoms with Crippen molar-refractivity contribution in [1.82, 2.24) is 10.3 Å². The van der Waals surface area contributed by atoms with Crippen LogP contribution in [0.25, 0.3) is 11.1 Å². The van der Waals surface area contributed by atoms with Crippen molar-refractivity contribution in [1.29, 1.82) is 0 Å². The summed E-state index contributed by atoms with van der Waals surface area (Å²) in [5, 5.41) is 11.0. The molecule has 18 heavy (non-hydrogen) atoms. The van der Waals surface area contributed by atoms with Gasteiger partial charge in [-0.25, -0.2) is 4.98 Å². The molecule has 1 atom stereocenters. The molecule has 1 amide bonds. The average Bonchev–Trinajstić information content (AvgIpc) is 2.71. The molecule has 0 saturated heterocycles. The molecular formula is C12H12N2O4. The molecule has 0 fully saturated rings. The average molecular weight is 248 g/mol. The second kappa shape index (κ2) is 4.48. The van der Waals surface area contributed by atoms with Crippen LogP contribution >= 0.6 is 0 Å². The number of carbonyl (C=O) groups excluding carboxylic acids is 1. The number of carbonyl (C=O) groups is 2. The number of fused-ring (bicyclic) bond motifs is 1. The van der Waals surface area contributed by atoms with E-state index in [-0.39, 0.29) is 5.76 Å². The van der Waals surface area contributed by atoms with Crippen molar-refractivity contribution in [3.8, 4) is 0 Å². The van der Waals surface area contributed by atoms with E-state index in [4.69, 9.17) is 9.52 Å². The van der Waals surface area contributed by atoms with E-state index in [1.54, 1.807) is 12.1 Å². The number of aliphatic carboxylic acids is 1. The number of aryl methyl sites for hydroxylation is 1. The summed E-state index contributed by atoms with van der Waals surface area (Å²) in [6.07, 6.45) is 0. The summed E-state index contributed by atoms with van der Waals surface area (Å²) < 4.78 is 5.30. The van der Waals surface area contributed by atoms with Crippen molar-refractivity contribution in [2.24, 2.45) is 0 Å².